The number of ether oxygens (including phenoxy) is 2. The number of hydrogen-bond acceptors (Lipinski definition) is 8. The Kier molecular flexibility index (Phi) is 21.7. The molecular formula is C45H83N5O7. The van der Waals surface area contributed by atoms with Crippen LogP contribution in [0.1, 0.15) is 110 Å². The fourth-order valence-electron chi connectivity index (χ4n) is 7.98. The molecular weight excluding hydrogens is 723 g/mol. The average Bonchev–Trinajstić information content (AvgIpc) is 3.62. The smallest absolute Gasteiger partial charge is 0.235 e. The SMILES string of the molecule is CC(C)C(C(N)=O)N(C)C.CC[C@H](C)C([C@@H](CC(=O)N1CCCC1[C@H](OC)[C@@H](C)C(=O)N[C@@H](Cc1ccccc1)C(=O)C(C)(C)C)OC)N(C)C(=O)C(C)C(C)C.[HH].[HH]. The highest BCUT2D eigenvalue weighted by Crippen LogP contribution is 2.30. The number of nitrogens with one attached hydrogen (secondary N) is 1. The van der Waals surface area contributed by atoms with E-state index in [1.165, 1.54) is 0 Å². The van der Waals surface area contributed by atoms with Crippen LogP contribution in [0.2, 0.25) is 0 Å². The van der Waals surface area contributed by atoms with Gasteiger partial charge in [-0.25, -0.2) is 0 Å². The number of rotatable bonds is 20. The molecule has 1 aliphatic rings. The summed E-state index contributed by atoms with van der Waals surface area (Å²) < 4.78 is 11.9. The van der Waals surface area contributed by atoms with Crippen molar-refractivity contribution < 1.29 is 36.3 Å². The van der Waals surface area contributed by atoms with Gasteiger partial charge < -0.3 is 30.3 Å². The first-order valence-electron chi connectivity index (χ1n) is 20.9. The molecule has 3 N–H and O–H groups in total. The zero-order valence-electron chi connectivity index (χ0n) is 38.3. The first kappa shape index (κ1) is 51.7. The number of Topliss-reactive ketones (excluding diaryl/α,β-unsaturated/α-hetero) is 1. The van der Waals surface area contributed by atoms with Crippen LogP contribution in [0.25, 0.3) is 0 Å². The predicted molar refractivity (Wildman–Crippen MR) is 232 cm³/mol. The highest BCUT2D eigenvalue weighted by molar-refractivity contribution is 5.93. The van der Waals surface area contributed by atoms with Crippen molar-refractivity contribution in [2.75, 3.05) is 41.9 Å². The number of amides is 4. The zero-order valence-corrected chi connectivity index (χ0v) is 38.3. The molecule has 12 heteroatoms. The van der Waals surface area contributed by atoms with E-state index in [4.69, 9.17) is 15.2 Å². The van der Waals surface area contributed by atoms with Crippen molar-refractivity contribution in [2.24, 2.45) is 40.7 Å². The molecule has 0 saturated carbocycles. The number of ketones is 1. The van der Waals surface area contributed by atoms with Gasteiger partial charge in [-0.1, -0.05) is 113 Å². The second-order valence-electron chi connectivity index (χ2n) is 18.0. The van der Waals surface area contributed by atoms with Crippen molar-refractivity contribution in [1.82, 2.24) is 20.0 Å². The van der Waals surface area contributed by atoms with Gasteiger partial charge >= 0.3 is 0 Å². The number of nitrogens with two attached hydrogens (primary N) is 1. The summed E-state index contributed by atoms with van der Waals surface area (Å²) in [5.74, 6) is -0.764. The van der Waals surface area contributed by atoms with Crippen molar-refractivity contribution in [3.8, 4) is 0 Å². The van der Waals surface area contributed by atoms with Crippen LogP contribution in [0.3, 0.4) is 0 Å². The number of likely N-dealkylation sites (tertiary alicyclic amines) is 1. The van der Waals surface area contributed by atoms with Gasteiger partial charge in [0.2, 0.25) is 23.6 Å². The molecule has 0 aromatic heterocycles. The molecule has 330 valence electrons. The van der Waals surface area contributed by atoms with Gasteiger partial charge in [-0.15, -0.1) is 0 Å². The molecule has 1 aliphatic heterocycles. The molecule has 4 amide bonds. The standard InChI is InChI=1S/C38H63N3O6.C7H16N2O.2H2/c1-13-25(4)33(40(10)37(45)26(5)24(2)3)31(46-11)23-32(42)41-21-17-20-30(41)34(47-12)27(6)36(44)39-29(35(43)38(7,8)9)22-28-18-15-14-16-19-28;1-5(2)6(7(8)10)9(3)4;;/h14-16,18-19,24-27,29-31,33-34H,13,17,20-23H2,1-12H3,(H,39,44);5-6H,1-4H3,(H2,8,10);2*1H/t25-,26?,27+,29-,30?,31+,33?,34+;;;/m0.../s1. The van der Waals surface area contributed by atoms with Gasteiger partial charge in [0, 0.05) is 42.0 Å². The second kappa shape index (κ2) is 23.9. The van der Waals surface area contributed by atoms with E-state index in [0.717, 1.165) is 18.4 Å². The maximum absolute atomic E-state index is 14.0. The Hall–Kier alpha value is -3.35. The molecule has 0 spiro atoms. The van der Waals surface area contributed by atoms with Gasteiger partial charge in [-0.05, 0) is 56.7 Å². The molecule has 9 atom stereocenters. The van der Waals surface area contributed by atoms with Crippen LogP contribution in [0.4, 0.5) is 0 Å². The van der Waals surface area contributed by atoms with Crippen LogP contribution in [0.15, 0.2) is 30.3 Å². The first-order chi connectivity index (χ1) is 26.5. The minimum absolute atomic E-state index is 0. The Morgan fingerprint density at radius 1 is 0.912 bits per heavy atom. The fourth-order valence-corrected chi connectivity index (χ4v) is 7.98. The van der Waals surface area contributed by atoms with Crippen LogP contribution in [-0.4, -0.2) is 122 Å². The molecule has 4 unspecified atom stereocenters. The largest absolute Gasteiger partial charge is 0.379 e. The highest BCUT2D eigenvalue weighted by Gasteiger charge is 2.43. The lowest BCUT2D eigenvalue weighted by Crippen LogP contribution is -2.55. The van der Waals surface area contributed by atoms with Gasteiger partial charge in [-0.3, -0.25) is 28.9 Å². The monoisotopic (exact) mass is 806 g/mol. The Balaban J connectivity index is 0. The van der Waals surface area contributed by atoms with Crippen LogP contribution in [-0.2, 0) is 39.9 Å². The number of methoxy groups -OCH3 is 2. The maximum atomic E-state index is 14.0. The minimum Gasteiger partial charge on any atom is -0.379 e. The summed E-state index contributed by atoms with van der Waals surface area (Å²) in [5.41, 5.74) is 5.49. The van der Waals surface area contributed by atoms with Crippen LogP contribution in [0, 0.1) is 35.0 Å². The summed E-state index contributed by atoms with van der Waals surface area (Å²) >= 11 is 0. The Morgan fingerprint density at radius 2 is 1.49 bits per heavy atom. The molecule has 1 saturated heterocycles. The quantitative estimate of drug-likeness (QED) is 0.161. The van der Waals surface area contributed by atoms with Gasteiger partial charge in [0.15, 0.2) is 5.78 Å². The van der Waals surface area contributed by atoms with E-state index < -0.39 is 29.6 Å². The van der Waals surface area contributed by atoms with Gasteiger partial charge in [0.05, 0.1) is 48.7 Å². The summed E-state index contributed by atoms with van der Waals surface area (Å²) in [6.45, 7) is 22.1. The Morgan fingerprint density at radius 3 is 1.91 bits per heavy atom. The van der Waals surface area contributed by atoms with E-state index >= 15 is 0 Å². The number of hydrogen-bond donors (Lipinski definition) is 2. The predicted octanol–water partition coefficient (Wildman–Crippen LogP) is 6.09. The van der Waals surface area contributed by atoms with E-state index in [1.54, 1.807) is 26.0 Å². The zero-order chi connectivity index (χ0) is 43.9. The molecule has 12 nitrogen and oxygen atoms in total. The highest BCUT2D eigenvalue weighted by atomic mass is 16.5. The average molecular weight is 806 g/mol. The van der Waals surface area contributed by atoms with Crippen molar-refractivity contribution in [1.29, 1.82) is 0 Å². The lowest BCUT2D eigenvalue weighted by molar-refractivity contribution is -0.148. The molecule has 0 bridgehead atoms. The molecule has 1 fully saturated rings. The van der Waals surface area contributed by atoms with E-state index in [0.29, 0.717) is 19.4 Å². The lowest BCUT2D eigenvalue weighted by Gasteiger charge is -2.40. The molecule has 1 aromatic carbocycles. The third kappa shape index (κ3) is 15.1. The van der Waals surface area contributed by atoms with Crippen molar-refractivity contribution in [2.45, 2.75) is 145 Å². The normalized spacial score (nSPS) is 18.8. The summed E-state index contributed by atoms with van der Waals surface area (Å²) in [7, 11) is 8.72. The minimum atomic E-state index is -0.691. The second-order valence-corrected chi connectivity index (χ2v) is 18.0. The Labute approximate surface area is 348 Å². The number of benzene rings is 1. The molecule has 57 heavy (non-hydrogen) atoms. The number of carbonyl (C=O) groups is 5. The first-order valence-corrected chi connectivity index (χ1v) is 20.9. The van der Waals surface area contributed by atoms with Crippen LogP contribution < -0.4 is 11.1 Å². The molecule has 0 aliphatic carbocycles. The summed E-state index contributed by atoms with van der Waals surface area (Å²) in [6, 6.07) is 8.27. The molecule has 1 heterocycles. The lowest BCUT2D eigenvalue weighted by atomic mass is 9.83. The van der Waals surface area contributed by atoms with Gasteiger partial charge in [-0.2, -0.15) is 0 Å². The third-order valence-corrected chi connectivity index (χ3v) is 11.8. The topological polar surface area (TPSA) is 152 Å². The van der Waals surface area contributed by atoms with Crippen LogP contribution in [0.5, 0.6) is 0 Å². The number of likely N-dealkylation sites (N-methyl/N-ethyl adjacent to an activating group) is 2. The summed E-state index contributed by atoms with van der Waals surface area (Å²) in [6.07, 6.45) is 1.78. The van der Waals surface area contributed by atoms with Crippen molar-refractivity contribution >= 4 is 29.4 Å². The van der Waals surface area contributed by atoms with Gasteiger partial charge in [0.25, 0.3) is 0 Å². The van der Waals surface area contributed by atoms with Crippen molar-refractivity contribution in [3.63, 3.8) is 0 Å². The molecule has 2 rings (SSSR count). The third-order valence-electron chi connectivity index (χ3n) is 11.8. The van der Waals surface area contributed by atoms with Gasteiger partial charge in [0.1, 0.15) is 0 Å². The fraction of sp³-hybridized carbons (Fsp3) is 0.756. The number of primary amides is 1. The number of nitrogens with zero attached hydrogens (tertiary/aromatic N) is 3. The summed E-state index contributed by atoms with van der Waals surface area (Å²) in [4.78, 5) is 70.8. The number of carbonyl (C=O) groups excluding carboxylic acids is 5. The Bertz CT molecular complexity index is 1420. The summed E-state index contributed by atoms with van der Waals surface area (Å²) in [5, 5.41) is 3.04. The van der Waals surface area contributed by atoms with E-state index in [-0.39, 0.29) is 80.5 Å². The van der Waals surface area contributed by atoms with E-state index in [2.05, 4.69) is 19.2 Å². The maximum Gasteiger partial charge on any atom is 0.235 e. The molecule has 0 radical (unpaired) electrons. The molecule has 1 aromatic rings. The van der Waals surface area contributed by atoms with Crippen LogP contribution >= 0.6 is 0 Å². The van der Waals surface area contributed by atoms with Crippen molar-refractivity contribution in [3.05, 3.63) is 35.9 Å². The van der Waals surface area contributed by atoms with E-state index in [1.807, 2.05) is 117 Å². The van der Waals surface area contributed by atoms with E-state index in [9.17, 15) is 24.0 Å².